The first-order valence-electron chi connectivity index (χ1n) is 11.6. The molecule has 1 aliphatic rings. The number of carbonyl (C=O) groups excluding carboxylic acids is 1. The van der Waals surface area contributed by atoms with Crippen molar-refractivity contribution in [3.05, 3.63) is 23.5 Å². The lowest BCUT2D eigenvalue weighted by molar-refractivity contribution is 0.0935. The fourth-order valence-electron chi connectivity index (χ4n) is 4.32. The fourth-order valence-corrected chi connectivity index (χ4v) is 4.32. The molecular weight excluding hydrogens is 390 g/mol. The Bertz CT molecular complexity index is 884. The van der Waals surface area contributed by atoms with Crippen LogP contribution >= 0.6 is 0 Å². The van der Waals surface area contributed by atoms with E-state index in [9.17, 15) is 4.79 Å². The lowest BCUT2D eigenvalue weighted by Crippen LogP contribution is -2.31. The molecule has 7 heteroatoms. The van der Waals surface area contributed by atoms with Crippen LogP contribution in [-0.4, -0.2) is 40.9 Å². The number of rotatable bonds is 9. The number of hydrogen-bond donors (Lipinski definition) is 2. The van der Waals surface area contributed by atoms with Crippen LogP contribution < -0.4 is 15.4 Å². The Morgan fingerprint density at radius 3 is 2.65 bits per heavy atom. The van der Waals surface area contributed by atoms with E-state index in [2.05, 4.69) is 34.6 Å². The summed E-state index contributed by atoms with van der Waals surface area (Å²) in [5.41, 5.74) is 3.06. The van der Waals surface area contributed by atoms with Crippen LogP contribution in [0.5, 0.6) is 5.75 Å². The molecule has 0 aliphatic heterocycles. The Kier molecular flexibility index (Phi) is 7.93. The van der Waals surface area contributed by atoms with E-state index in [0.717, 1.165) is 53.8 Å². The molecule has 2 heterocycles. The zero-order chi connectivity index (χ0) is 22.4. The molecule has 1 aliphatic carbocycles. The maximum Gasteiger partial charge on any atom is 0.272 e. The van der Waals surface area contributed by atoms with Gasteiger partial charge in [-0.1, -0.05) is 26.7 Å². The Morgan fingerprint density at radius 2 is 2.00 bits per heavy atom. The van der Waals surface area contributed by atoms with Gasteiger partial charge in [0.2, 0.25) is 0 Å². The molecule has 3 rings (SSSR count). The Labute approximate surface area is 186 Å². The highest BCUT2D eigenvalue weighted by molar-refractivity contribution is 5.95. The van der Waals surface area contributed by atoms with Gasteiger partial charge in [-0.25, -0.2) is 4.98 Å². The zero-order valence-electron chi connectivity index (χ0n) is 19.6. The first kappa shape index (κ1) is 23.1. The third kappa shape index (κ3) is 5.38. The van der Waals surface area contributed by atoms with Crippen molar-refractivity contribution in [3.63, 3.8) is 0 Å². The summed E-state index contributed by atoms with van der Waals surface area (Å²) >= 11 is 0. The van der Waals surface area contributed by atoms with Gasteiger partial charge in [-0.15, -0.1) is 0 Å². The van der Waals surface area contributed by atoms with Gasteiger partial charge in [0, 0.05) is 37.5 Å². The van der Waals surface area contributed by atoms with E-state index in [1.807, 2.05) is 24.6 Å². The minimum Gasteiger partial charge on any atom is -0.496 e. The molecule has 1 saturated carbocycles. The molecule has 1 amide bonds. The number of pyridine rings is 1. The topological polar surface area (TPSA) is 81.1 Å². The second-order valence-corrected chi connectivity index (χ2v) is 8.67. The highest BCUT2D eigenvalue weighted by Crippen LogP contribution is 2.34. The number of nitrogens with one attached hydrogen (secondary N) is 2. The summed E-state index contributed by atoms with van der Waals surface area (Å²) < 4.78 is 7.52. The number of carbonyl (C=O) groups is 1. The number of aryl methyl sites for hydroxylation is 1. The van der Waals surface area contributed by atoms with Crippen molar-refractivity contribution in [1.29, 1.82) is 0 Å². The van der Waals surface area contributed by atoms with Crippen molar-refractivity contribution in [3.8, 4) is 17.0 Å². The van der Waals surface area contributed by atoms with Crippen LogP contribution in [0.15, 0.2) is 12.3 Å². The van der Waals surface area contributed by atoms with E-state index in [0.29, 0.717) is 18.2 Å². The number of anilines is 1. The van der Waals surface area contributed by atoms with Gasteiger partial charge < -0.3 is 15.4 Å². The molecule has 0 bridgehead atoms. The predicted molar refractivity (Wildman–Crippen MR) is 125 cm³/mol. The first-order valence-corrected chi connectivity index (χ1v) is 11.6. The molecule has 0 unspecified atom stereocenters. The van der Waals surface area contributed by atoms with Crippen molar-refractivity contribution in [1.82, 2.24) is 20.1 Å². The summed E-state index contributed by atoms with van der Waals surface area (Å²) in [7, 11) is 1.66. The van der Waals surface area contributed by atoms with Gasteiger partial charge in [-0.3, -0.25) is 9.48 Å². The molecule has 0 atom stereocenters. The first-order chi connectivity index (χ1) is 15.0. The smallest absolute Gasteiger partial charge is 0.272 e. The fraction of sp³-hybridized carbons (Fsp3) is 0.625. The number of ether oxygens (including phenoxy) is 1. The van der Waals surface area contributed by atoms with Gasteiger partial charge >= 0.3 is 0 Å². The van der Waals surface area contributed by atoms with E-state index in [-0.39, 0.29) is 5.91 Å². The number of amides is 1. The van der Waals surface area contributed by atoms with Crippen LogP contribution in [0.2, 0.25) is 0 Å². The van der Waals surface area contributed by atoms with Gasteiger partial charge in [-0.05, 0) is 44.9 Å². The summed E-state index contributed by atoms with van der Waals surface area (Å²) in [6.07, 6.45) is 7.71. The van der Waals surface area contributed by atoms with Crippen LogP contribution in [0.4, 0.5) is 5.82 Å². The molecule has 2 aromatic rings. The largest absolute Gasteiger partial charge is 0.496 e. The van der Waals surface area contributed by atoms with Crippen LogP contribution in [0.3, 0.4) is 0 Å². The number of nitrogens with zero attached hydrogens (tertiary/aromatic N) is 3. The maximum absolute atomic E-state index is 13.0. The van der Waals surface area contributed by atoms with Crippen molar-refractivity contribution >= 4 is 11.7 Å². The average molecular weight is 428 g/mol. The van der Waals surface area contributed by atoms with Gasteiger partial charge in [-0.2, -0.15) is 5.10 Å². The van der Waals surface area contributed by atoms with E-state index in [4.69, 9.17) is 4.74 Å². The second-order valence-electron chi connectivity index (χ2n) is 8.67. The van der Waals surface area contributed by atoms with Crippen molar-refractivity contribution in [2.75, 3.05) is 25.5 Å². The number of hydrogen-bond acceptors (Lipinski definition) is 5. The van der Waals surface area contributed by atoms with Gasteiger partial charge in [0.1, 0.15) is 11.6 Å². The van der Waals surface area contributed by atoms with Crippen LogP contribution in [0, 0.1) is 18.8 Å². The molecular formula is C24H37N5O2. The predicted octanol–water partition coefficient (Wildman–Crippen LogP) is 4.66. The van der Waals surface area contributed by atoms with Gasteiger partial charge in [0.25, 0.3) is 5.91 Å². The van der Waals surface area contributed by atoms with Crippen molar-refractivity contribution in [2.45, 2.75) is 66.3 Å². The number of aromatic nitrogens is 3. The third-order valence-electron chi connectivity index (χ3n) is 6.29. The molecule has 0 saturated heterocycles. The minimum atomic E-state index is -0.0993. The Hall–Kier alpha value is -2.57. The molecule has 0 aromatic carbocycles. The summed E-state index contributed by atoms with van der Waals surface area (Å²) in [6, 6.07) is 1.90. The zero-order valence-corrected chi connectivity index (χ0v) is 19.6. The third-order valence-corrected chi connectivity index (χ3v) is 6.29. The quantitative estimate of drug-likeness (QED) is 0.608. The van der Waals surface area contributed by atoms with Crippen LogP contribution in [0.1, 0.15) is 68.9 Å². The summed E-state index contributed by atoms with van der Waals surface area (Å²) in [5.74, 6) is 2.78. The molecule has 170 valence electrons. The number of methoxy groups -OCH3 is 1. The summed E-state index contributed by atoms with van der Waals surface area (Å²) in [6.45, 7) is 10.6. The van der Waals surface area contributed by atoms with E-state index >= 15 is 0 Å². The standard InChI is InChI=1S/C24H37N5O2/c1-6-12-25-21-13-20(31-5)19(15-26-21)23-17(4)22(28-29(23)7-2)24(30)27-14-18-10-8-16(3)9-11-18/h13,15-16,18H,6-12,14H2,1-5H3,(H,25,26)(H,27,30). The molecule has 2 N–H and O–H groups in total. The van der Waals surface area contributed by atoms with Gasteiger partial charge in [0.05, 0.1) is 18.4 Å². The lowest BCUT2D eigenvalue weighted by Gasteiger charge is -2.26. The van der Waals surface area contributed by atoms with E-state index in [1.54, 1.807) is 13.3 Å². The molecule has 1 fully saturated rings. The molecule has 2 aromatic heterocycles. The highest BCUT2D eigenvalue weighted by Gasteiger charge is 2.24. The van der Waals surface area contributed by atoms with Crippen molar-refractivity contribution < 1.29 is 9.53 Å². The normalized spacial score (nSPS) is 18.6. The SMILES string of the molecule is CCCNc1cc(OC)c(-c2c(C)c(C(=O)NCC3CCC(C)CC3)nn2CC)cn1. The second kappa shape index (κ2) is 10.6. The highest BCUT2D eigenvalue weighted by atomic mass is 16.5. The maximum atomic E-state index is 13.0. The summed E-state index contributed by atoms with van der Waals surface area (Å²) in [5, 5.41) is 11.1. The lowest BCUT2D eigenvalue weighted by atomic mass is 9.83. The Morgan fingerprint density at radius 1 is 1.26 bits per heavy atom. The minimum absolute atomic E-state index is 0.0993. The average Bonchev–Trinajstić information content (AvgIpc) is 3.13. The Balaban J connectivity index is 1.82. The van der Waals surface area contributed by atoms with Crippen LogP contribution in [0.25, 0.3) is 11.3 Å². The van der Waals surface area contributed by atoms with Gasteiger partial charge in [0.15, 0.2) is 5.69 Å². The molecule has 0 radical (unpaired) electrons. The van der Waals surface area contributed by atoms with E-state index in [1.165, 1.54) is 25.7 Å². The summed E-state index contributed by atoms with van der Waals surface area (Å²) in [4.78, 5) is 17.5. The molecule has 7 nitrogen and oxygen atoms in total. The molecule has 0 spiro atoms. The van der Waals surface area contributed by atoms with E-state index < -0.39 is 0 Å². The van der Waals surface area contributed by atoms with Crippen molar-refractivity contribution in [2.24, 2.45) is 11.8 Å². The van der Waals surface area contributed by atoms with Crippen LogP contribution in [-0.2, 0) is 6.54 Å². The monoisotopic (exact) mass is 427 g/mol. The molecule has 31 heavy (non-hydrogen) atoms.